The number of hydrogen-bond acceptors (Lipinski definition) is 3. The van der Waals surface area contributed by atoms with Crippen LogP contribution in [-0.2, 0) is 0 Å². The van der Waals surface area contributed by atoms with Crippen LogP contribution in [0.25, 0.3) is 0 Å². The van der Waals surface area contributed by atoms with Crippen molar-refractivity contribution in [2.24, 2.45) is 0 Å². The summed E-state index contributed by atoms with van der Waals surface area (Å²) >= 11 is 3.16. The lowest BCUT2D eigenvalue weighted by Crippen LogP contribution is -2.10. The average Bonchev–Trinajstić information content (AvgIpc) is 2.30. The molecule has 1 aromatic rings. The molecule has 1 N–H and O–H groups in total. The molecule has 0 aromatic heterocycles. The third-order valence-corrected chi connectivity index (χ3v) is 2.82. The number of alkyl halides is 3. The van der Waals surface area contributed by atoms with Gasteiger partial charge in [-0.3, -0.25) is 0 Å². The minimum atomic E-state index is -3.00. The van der Waals surface area contributed by atoms with Gasteiger partial charge in [-0.15, -0.1) is 0 Å². The topological polar surface area (TPSA) is 55.8 Å². The van der Waals surface area contributed by atoms with E-state index >= 15 is 0 Å². The first kappa shape index (κ1) is 14.7. The van der Waals surface area contributed by atoms with Gasteiger partial charge in [0.15, 0.2) is 16.5 Å². The van der Waals surface area contributed by atoms with Crippen molar-refractivity contribution < 1.29 is 28.2 Å². The van der Waals surface area contributed by atoms with Gasteiger partial charge in [0.2, 0.25) is 0 Å². The highest BCUT2D eigenvalue weighted by atomic mass is 79.9. The Kier molecular flexibility index (Phi) is 5.33. The van der Waals surface area contributed by atoms with Gasteiger partial charge in [0, 0.05) is 0 Å². The van der Waals surface area contributed by atoms with Gasteiger partial charge in [-0.1, -0.05) is 6.92 Å². The van der Waals surface area contributed by atoms with E-state index in [9.17, 15) is 13.6 Å². The molecule has 0 amide bonds. The summed E-state index contributed by atoms with van der Waals surface area (Å²) in [6.45, 7) is -1.19. The van der Waals surface area contributed by atoms with Crippen molar-refractivity contribution in [1.82, 2.24) is 0 Å². The molecule has 1 aromatic carbocycles. The second-order valence-corrected chi connectivity index (χ2v) is 4.30. The van der Waals surface area contributed by atoms with E-state index in [0.717, 1.165) is 12.1 Å². The maximum absolute atomic E-state index is 12.2. The summed E-state index contributed by atoms with van der Waals surface area (Å²) in [7, 11) is 0. The Morgan fingerprint density at radius 3 is 2.56 bits per heavy atom. The fourth-order valence-electron chi connectivity index (χ4n) is 1.15. The Bertz CT molecular complexity index is 426. The van der Waals surface area contributed by atoms with Gasteiger partial charge in [0.25, 0.3) is 0 Å². The molecule has 0 radical (unpaired) electrons. The first-order valence-electron chi connectivity index (χ1n) is 5.07. The van der Waals surface area contributed by atoms with Gasteiger partial charge in [-0.2, -0.15) is 8.78 Å². The van der Waals surface area contributed by atoms with Gasteiger partial charge in [-0.25, -0.2) is 4.79 Å². The molecular formula is C11H11BrF2O4. The molecule has 18 heavy (non-hydrogen) atoms. The van der Waals surface area contributed by atoms with Crippen LogP contribution in [0.3, 0.4) is 0 Å². The molecule has 0 aliphatic heterocycles. The van der Waals surface area contributed by atoms with E-state index in [1.54, 1.807) is 0 Å². The predicted octanol–water partition coefficient (Wildman–Crippen LogP) is 3.50. The molecule has 0 heterocycles. The third kappa shape index (κ3) is 4.14. The van der Waals surface area contributed by atoms with Crippen LogP contribution in [-0.4, -0.2) is 22.7 Å². The van der Waals surface area contributed by atoms with Crippen molar-refractivity contribution in [3.63, 3.8) is 0 Å². The fourth-order valence-corrected chi connectivity index (χ4v) is 1.35. The molecule has 0 aliphatic rings. The normalized spacial score (nSPS) is 12.3. The van der Waals surface area contributed by atoms with Crippen molar-refractivity contribution in [3.05, 3.63) is 23.8 Å². The highest BCUT2D eigenvalue weighted by molar-refractivity contribution is 9.09. The van der Waals surface area contributed by atoms with Crippen LogP contribution in [0.15, 0.2) is 18.2 Å². The van der Waals surface area contributed by atoms with E-state index in [2.05, 4.69) is 20.7 Å². The number of ether oxygens (including phenoxy) is 2. The van der Waals surface area contributed by atoms with Gasteiger partial charge < -0.3 is 14.6 Å². The van der Waals surface area contributed by atoms with E-state index in [4.69, 9.17) is 9.84 Å². The van der Waals surface area contributed by atoms with Crippen LogP contribution in [0.1, 0.15) is 23.7 Å². The van der Waals surface area contributed by atoms with Crippen LogP contribution in [0.5, 0.6) is 11.5 Å². The number of carboxylic acid groups (broad SMARTS) is 1. The Balaban J connectivity index is 3.05. The van der Waals surface area contributed by atoms with Crippen molar-refractivity contribution >= 4 is 21.9 Å². The van der Waals surface area contributed by atoms with E-state index < -0.39 is 17.6 Å². The molecule has 4 nitrogen and oxygen atoms in total. The predicted molar refractivity (Wildman–Crippen MR) is 63.7 cm³/mol. The number of aromatic carboxylic acids is 1. The van der Waals surface area contributed by atoms with E-state index in [-0.39, 0.29) is 17.1 Å². The molecule has 0 saturated heterocycles. The summed E-state index contributed by atoms with van der Waals surface area (Å²) in [6, 6.07) is 3.45. The van der Waals surface area contributed by atoms with Gasteiger partial charge in [-0.05, 0) is 40.5 Å². The summed E-state index contributed by atoms with van der Waals surface area (Å²) in [5, 5.41) is 8.40. The Morgan fingerprint density at radius 2 is 2.06 bits per heavy atom. The minimum Gasteiger partial charge on any atom is -0.478 e. The minimum absolute atomic E-state index is 0.0427. The van der Waals surface area contributed by atoms with Crippen LogP contribution in [0.2, 0.25) is 0 Å². The summed E-state index contributed by atoms with van der Waals surface area (Å²) in [4.78, 5) is 10.8. The van der Waals surface area contributed by atoms with Crippen molar-refractivity contribution in [2.75, 3.05) is 0 Å². The zero-order chi connectivity index (χ0) is 13.7. The highest BCUT2D eigenvalue weighted by Gasteiger charge is 2.16. The SMILES string of the molecule is CCC(Br)Oc1cc(C(=O)O)ccc1OC(F)F. The Morgan fingerprint density at radius 1 is 1.39 bits per heavy atom. The molecular weight excluding hydrogens is 314 g/mol. The van der Waals surface area contributed by atoms with Crippen LogP contribution < -0.4 is 9.47 Å². The fraction of sp³-hybridized carbons (Fsp3) is 0.364. The van der Waals surface area contributed by atoms with Gasteiger partial charge in [0.1, 0.15) is 0 Å². The van der Waals surface area contributed by atoms with Crippen molar-refractivity contribution in [3.8, 4) is 11.5 Å². The number of halogens is 3. The first-order valence-corrected chi connectivity index (χ1v) is 5.98. The summed E-state index contributed by atoms with van der Waals surface area (Å²) < 4.78 is 33.9. The molecule has 0 fully saturated rings. The van der Waals surface area contributed by atoms with Crippen LogP contribution >= 0.6 is 15.9 Å². The number of carbonyl (C=O) groups is 1. The lowest BCUT2D eigenvalue weighted by Gasteiger charge is -2.15. The van der Waals surface area contributed by atoms with E-state index in [1.807, 2.05) is 6.92 Å². The maximum Gasteiger partial charge on any atom is 0.387 e. The molecule has 1 unspecified atom stereocenters. The zero-order valence-corrected chi connectivity index (χ0v) is 11.0. The number of carboxylic acids is 1. The number of benzene rings is 1. The molecule has 0 spiro atoms. The first-order chi connectivity index (χ1) is 8.43. The number of hydrogen-bond donors (Lipinski definition) is 1. The third-order valence-electron chi connectivity index (χ3n) is 1.98. The monoisotopic (exact) mass is 324 g/mol. The van der Waals surface area contributed by atoms with Gasteiger partial charge >= 0.3 is 12.6 Å². The quantitative estimate of drug-likeness (QED) is 0.814. The molecule has 0 bridgehead atoms. The summed E-state index contributed by atoms with van der Waals surface area (Å²) in [5.74, 6) is -1.42. The maximum atomic E-state index is 12.2. The lowest BCUT2D eigenvalue weighted by atomic mass is 10.2. The zero-order valence-electron chi connectivity index (χ0n) is 9.40. The van der Waals surface area contributed by atoms with Gasteiger partial charge in [0.05, 0.1) is 5.56 Å². The second-order valence-electron chi connectivity index (χ2n) is 3.28. The summed E-state index contributed by atoms with van der Waals surface area (Å²) in [5.41, 5.74) is -0.0672. The van der Waals surface area contributed by atoms with Crippen molar-refractivity contribution in [2.45, 2.75) is 25.0 Å². The lowest BCUT2D eigenvalue weighted by molar-refractivity contribution is -0.0516. The number of rotatable bonds is 6. The van der Waals surface area contributed by atoms with Crippen LogP contribution in [0, 0.1) is 0 Å². The average molecular weight is 325 g/mol. The second kappa shape index (κ2) is 6.53. The molecule has 100 valence electrons. The largest absolute Gasteiger partial charge is 0.478 e. The standard InChI is InChI=1S/C11H11BrF2O4/c1-2-9(12)17-8-5-6(10(15)16)3-4-7(8)18-11(13)14/h3-5,9,11H,2H2,1H3,(H,15,16). The molecule has 0 aliphatic carbocycles. The smallest absolute Gasteiger partial charge is 0.387 e. The van der Waals surface area contributed by atoms with Crippen molar-refractivity contribution in [1.29, 1.82) is 0 Å². The Hall–Kier alpha value is -1.37. The molecule has 0 saturated carbocycles. The van der Waals surface area contributed by atoms with E-state index in [1.165, 1.54) is 6.07 Å². The summed E-state index contributed by atoms with van der Waals surface area (Å²) in [6.07, 6.45) is 0.575. The molecule has 1 atom stereocenters. The Labute approximate surface area is 111 Å². The molecule has 1 rings (SSSR count). The van der Waals surface area contributed by atoms with E-state index in [0.29, 0.717) is 6.42 Å². The molecule has 7 heteroatoms. The highest BCUT2D eigenvalue weighted by Crippen LogP contribution is 2.31. The van der Waals surface area contributed by atoms with Crippen LogP contribution in [0.4, 0.5) is 8.78 Å².